The van der Waals surface area contributed by atoms with E-state index < -0.39 is 5.97 Å². The van der Waals surface area contributed by atoms with E-state index in [0.29, 0.717) is 22.3 Å². The summed E-state index contributed by atoms with van der Waals surface area (Å²) in [5.41, 5.74) is 1.50. The number of carbonyl (C=O) groups is 2. The first kappa shape index (κ1) is 15.7. The Labute approximate surface area is 138 Å². The number of fused-ring (bicyclic) bond motifs is 1. The summed E-state index contributed by atoms with van der Waals surface area (Å²) < 4.78 is 6.83. The SMILES string of the molecule is COc1ccc2c(C(C)=O)c(C(=O)O)n(Cc3ccccn3)c2c1. The van der Waals surface area contributed by atoms with Crippen LogP contribution in [0.4, 0.5) is 0 Å². The summed E-state index contributed by atoms with van der Waals surface area (Å²) in [5, 5.41) is 10.3. The van der Waals surface area contributed by atoms with Gasteiger partial charge in [0.1, 0.15) is 11.4 Å². The molecule has 0 aliphatic carbocycles. The second-order valence-corrected chi connectivity index (χ2v) is 5.38. The van der Waals surface area contributed by atoms with Gasteiger partial charge in [0.2, 0.25) is 0 Å². The molecule has 0 atom stereocenters. The molecule has 6 nitrogen and oxygen atoms in total. The second kappa shape index (κ2) is 6.16. The van der Waals surface area contributed by atoms with Crippen molar-refractivity contribution in [3.05, 3.63) is 59.5 Å². The standard InChI is InChI=1S/C18H16N2O4/c1-11(21)16-14-7-6-13(24-2)9-15(14)20(17(16)18(22)23)10-12-5-3-4-8-19-12/h3-9H,10H2,1-2H3,(H,22,23). The number of pyridine rings is 1. The molecule has 0 aliphatic rings. The zero-order valence-electron chi connectivity index (χ0n) is 13.3. The molecule has 2 heterocycles. The number of methoxy groups -OCH3 is 1. The molecule has 3 aromatic rings. The number of hydrogen-bond donors (Lipinski definition) is 1. The van der Waals surface area contributed by atoms with Crippen LogP contribution >= 0.6 is 0 Å². The van der Waals surface area contributed by atoms with Crippen LogP contribution in [0.2, 0.25) is 0 Å². The van der Waals surface area contributed by atoms with E-state index in [2.05, 4.69) is 4.98 Å². The summed E-state index contributed by atoms with van der Waals surface area (Å²) in [6, 6.07) is 10.6. The maximum absolute atomic E-state index is 12.1. The topological polar surface area (TPSA) is 81.4 Å². The number of carboxylic acid groups (broad SMARTS) is 1. The average Bonchev–Trinajstić information content (AvgIpc) is 2.90. The van der Waals surface area contributed by atoms with Gasteiger partial charge in [0, 0.05) is 17.6 Å². The number of Topliss-reactive ketones (excluding diaryl/α,β-unsaturated/α-hetero) is 1. The van der Waals surface area contributed by atoms with Crippen molar-refractivity contribution in [3.8, 4) is 5.75 Å². The number of ether oxygens (including phenoxy) is 1. The first-order valence-electron chi connectivity index (χ1n) is 7.37. The predicted molar refractivity (Wildman–Crippen MR) is 88.8 cm³/mol. The molecule has 0 saturated carbocycles. The maximum atomic E-state index is 12.1. The minimum Gasteiger partial charge on any atom is -0.497 e. The van der Waals surface area contributed by atoms with Crippen LogP contribution < -0.4 is 4.74 Å². The van der Waals surface area contributed by atoms with Crippen molar-refractivity contribution in [3.63, 3.8) is 0 Å². The fourth-order valence-corrected chi connectivity index (χ4v) is 2.85. The predicted octanol–water partition coefficient (Wildman–Crippen LogP) is 2.99. The third-order valence-corrected chi connectivity index (χ3v) is 3.87. The Hall–Kier alpha value is -3.15. The van der Waals surface area contributed by atoms with Gasteiger partial charge in [0.05, 0.1) is 30.4 Å². The van der Waals surface area contributed by atoms with E-state index in [4.69, 9.17) is 4.74 Å². The van der Waals surface area contributed by atoms with Gasteiger partial charge in [-0.2, -0.15) is 0 Å². The van der Waals surface area contributed by atoms with E-state index in [1.165, 1.54) is 14.0 Å². The third kappa shape index (κ3) is 2.62. The highest BCUT2D eigenvalue weighted by atomic mass is 16.5. The Morgan fingerprint density at radius 1 is 1.25 bits per heavy atom. The number of ketones is 1. The first-order valence-corrected chi connectivity index (χ1v) is 7.37. The zero-order chi connectivity index (χ0) is 17.3. The lowest BCUT2D eigenvalue weighted by molar-refractivity contribution is 0.0681. The zero-order valence-corrected chi connectivity index (χ0v) is 13.3. The lowest BCUT2D eigenvalue weighted by atomic mass is 10.1. The van der Waals surface area contributed by atoms with Crippen molar-refractivity contribution in [2.45, 2.75) is 13.5 Å². The molecule has 2 aromatic heterocycles. The Morgan fingerprint density at radius 3 is 2.62 bits per heavy atom. The average molecular weight is 324 g/mol. The lowest BCUT2D eigenvalue weighted by Gasteiger charge is -2.09. The van der Waals surface area contributed by atoms with Crippen molar-refractivity contribution >= 4 is 22.7 Å². The molecule has 1 N–H and O–H groups in total. The molecule has 0 fully saturated rings. The van der Waals surface area contributed by atoms with Gasteiger partial charge in [-0.05, 0) is 31.2 Å². The molecule has 3 rings (SSSR count). The van der Waals surface area contributed by atoms with E-state index in [-0.39, 0.29) is 23.6 Å². The van der Waals surface area contributed by atoms with E-state index in [9.17, 15) is 14.7 Å². The largest absolute Gasteiger partial charge is 0.497 e. The number of benzene rings is 1. The normalized spacial score (nSPS) is 10.8. The molecule has 1 aromatic carbocycles. The summed E-state index contributed by atoms with van der Waals surface area (Å²) in [4.78, 5) is 28.2. The van der Waals surface area contributed by atoms with E-state index in [1.807, 2.05) is 12.1 Å². The summed E-state index contributed by atoms with van der Waals surface area (Å²) in [6.45, 7) is 1.62. The molecular weight excluding hydrogens is 308 g/mol. The quantitative estimate of drug-likeness (QED) is 0.730. The molecular formula is C18H16N2O4. The van der Waals surface area contributed by atoms with Crippen LogP contribution in [0.25, 0.3) is 10.9 Å². The molecule has 6 heteroatoms. The van der Waals surface area contributed by atoms with Gasteiger partial charge in [0.15, 0.2) is 5.78 Å². The van der Waals surface area contributed by atoms with Crippen LogP contribution in [-0.2, 0) is 6.54 Å². The van der Waals surface area contributed by atoms with Crippen molar-refractivity contribution in [2.24, 2.45) is 0 Å². The molecule has 0 radical (unpaired) electrons. The highest BCUT2D eigenvalue weighted by Gasteiger charge is 2.25. The Morgan fingerprint density at radius 2 is 2.04 bits per heavy atom. The van der Waals surface area contributed by atoms with Gasteiger partial charge in [0.25, 0.3) is 0 Å². The minimum atomic E-state index is -1.15. The molecule has 0 unspecified atom stereocenters. The number of carboxylic acids is 1. The van der Waals surface area contributed by atoms with Gasteiger partial charge in [-0.1, -0.05) is 6.07 Å². The molecule has 0 saturated heterocycles. The molecule has 0 bridgehead atoms. The number of rotatable bonds is 5. The Bertz CT molecular complexity index is 929. The smallest absolute Gasteiger partial charge is 0.353 e. The fraction of sp³-hybridized carbons (Fsp3) is 0.167. The molecule has 0 aliphatic heterocycles. The minimum absolute atomic E-state index is 0.0311. The third-order valence-electron chi connectivity index (χ3n) is 3.87. The van der Waals surface area contributed by atoms with Crippen LogP contribution in [0.5, 0.6) is 5.75 Å². The van der Waals surface area contributed by atoms with Crippen LogP contribution in [-0.4, -0.2) is 33.5 Å². The van der Waals surface area contributed by atoms with Gasteiger partial charge < -0.3 is 14.4 Å². The Balaban J connectivity index is 2.33. The Kier molecular flexibility index (Phi) is 4.04. The lowest BCUT2D eigenvalue weighted by Crippen LogP contribution is -2.13. The number of carbonyl (C=O) groups excluding carboxylic acids is 1. The summed E-state index contributed by atoms with van der Waals surface area (Å²) >= 11 is 0. The number of aromatic carboxylic acids is 1. The molecule has 0 amide bonds. The second-order valence-electron chi connectivity index (χ2n) is 5.38. The summed E-state index contributed by atoms with van der Waals surface area (Å²) in [7, 11) is 1.54. The molecule has 24 heavy (non-hydrogen) atoms. The number of aromatic nitrogens is 2. The highest BCUT2D eigenvalue weighted by molar-refractivity contribution is 6.14. The van der Waals surface area contributed by atoms with Crippen molar-refractivity contribution in [2.75, 3.05) is 7.11 Å². The monoisotopic (exact) mass is 324 g/mol. The van der Waals surface area contributed by atoms with E-state index in [1.54, 1.807) is 35.0 Å². The van der Waals surface area contributed by atoms with Crippen LogP contribution in [0.15, 0.2) is 42.6 Å². The first-order chi connectivity index (χ1) is 11.5. The van der Waals surface area contributed by atoms with Crippen LogP contribution in [0, 0.1) is 0 Å². The summed E-state index contributed by atoms with van der Waals surface area (Å²) in [6.07, 6.45) is 1.65. The van der Waals surface area contributed by atoms with Gasteiger partial charge in [-0.25, -0.2) is 4.79 Å². The highest BCUT2D eigenvalue weighted by Crippen LogP contribution is 2.30. The number of hydrogen-bond acceptors (Lipinski definition) is 4. The van der Waals surface area contributed by atoms with E-state index >= 15 is 0 Å². The van der Waals surface area contributed by atoms with Crippen LogP contribution in [0.3, 0.4) is 0 Å². The molecule has 0 spiro atoms. The van der Waals surface area contributed by atoms with Crippen LogP contribution in [0.1, 0.15) is 33.5 Å². The maximum Gasteiger partial charge on any atom is 0.353 e. The fourth-order valence-electron chi connectivity index (χ4n) is 2.85. The van der Waals surface area contributed by atoms with Crippen molar-refractivity contribution < 1.29 is 19.4 Å². The molecule has 122 valence electrons. The van der Waals surface area contributed by atoms with Gasteiger partial charge in [-0.3, -0.25) is 9.78 Å². The van der Waals surface area contributed by atoms with Gasteiger partial charge in [-0.15, -0.1) is 0 Å². The van der Waals surface area contributed by atoms with Crippen molar-refractivity contribution in [1.82, 2.24) is 9.55 Å². The number of nitrogens with zero attached hydrogens (tertiary/aromatic N) is 2. The van der Waals surface area contributed by atoms with Gasteiger partial charge >= 0.3 is 5.97 Å². The van der Waals surface area contributed by atoms with Crippen molar-refractivity contribution in [1.29, 1.82) is 0 Å². The van der Waals surface area contributed by atoms with E-state index in [0.717, 1.165) is 0 Å². The summed E-state index contributed by atoms with van der Waals surface area (Å²) in [5.74, 6) is -0.844.